The van der Waals surface area contributed by atoms with Gasteiger partial charge in [0.2, 0.25) is 0 Å². The van der Waals surface area contributed by atoms with Crippen molar-refractivity contribution < 1.29 is 9.59 Å². The molecule has 3 N–H and O–H groups in total. The van der Waals surface area contributed by atoms with E-state index >= 15 is 0 Å². The standard InChI is InChI=1S/C7H15N3O2/c1-5(2)6(11)4-9-7(12)10-8-3/h5,8H,4H2,1-3H3,(H2,9,10,12). The minimum atomic E-state index is -0.397. The Hall–Kier alpha value is -1.10. The van der Waals surface area contributed by atoms with Crippen molar-refractivity contribution in [2.75, 3.05) is 13.6 Å². The predicted molar refractivity (Wildman–Crippen MR) is 45.4 cm³/mol. The van der Waals surface area contributed by atoms with Gasteiger partial charge in [-0.2, -0.15) is 0 Å². The van der Waals surface area contributed by atoms with Crippen LogP contribution in [0.3, 0.4) is 0 Å². The minimum Gasteiger partial charge on any atom is -0.330 e. The zero-order valence-corrected chi connectivity index (χ0v) is 7.60. The van der Waals surface area contributed by atoms with Gasteiger partial charge in [0.15, 0.2) is 5.78 Å². The van der Waals surface area contributed by atoms with Crippen molar-refractivity contribution in [3.8, 4) is 0 Å². The molecule has 0 rings (SSSR count). The van der Waals surface area contributed by atoms with Crippen molar-refractivity contribution in [3.05, 3.63) is 0 Å². The first-order valence-electron chi connectivity index (χ1n) is 3.81. The minimum absolute atomic E-state index is 0.0150. The lowest BCUT2D eigenvalue weighted by atomic mass is 10.1. The number of Topliss-reactive ketones (excluding diaryl/α,β-unsaturated/α-hetero) is 1. The van der Waals surface area contributed by atoms with Gasteiger partial charge in [-0.25, -0.2) is 10.2 Å². The van der Waals surface area contributed by atoms with E-state index in [1.807, 2.05) is 0 Å². The van der Waals surface area contributed by atoms with E-state index in [2.05, 4.69) is 16.2 Å². The highest BCUT2D eigenvalue weighted by atomic mass is 16.2. The van der Waals surface area contributed by atoms with Crippen molar-refractivity contribution in [2.45, 2.75) is 13.8 Å². The maximum absolute atomic E-state index is 11.0. The van der Waals surface area contributed by atoms with Crippen molar-refractivity contribution in [1.29, 1.82) is 0 Å². The van der Waals surface area contributed by atoms with Crippen molar-refractivity contribution >= 4 is 11.8 Å². The molecule has 5 nitrogen and oxygen atoms in total. The molecule has 0 fully saturated rings. The van der Waals surface area contributed by atoms with Gasteiger partial charge in [0, 0.05) is 13.0 Å². The second-order valence-corrected chi connectivity index (χ2v) is 2.68. The third-order valence-electron chi connectivity index (χ3n) is 1.31. The van der Waals surface area contributed by atoms with Crippen LogP contribution in [-0.2, 0) is 4.79 Å². The number of urea groups is 1. The number of carbonyl (C=O) groups is 2. The van der Waals surface area contributed by atoms with E-state index in [0.29, 0.717) is 0 Å². The van der Waals surface area contributed by atoms with Crippen LogP contribution in [0.5, 0.6) is 0 Å². The Balaban J connectivity index is 3.54. The number of hydrogen-bond acceptors (Lipinski definition) is 3. The van der Waals surface area contributed by atoms with Crippen molar-refractivity contribution in [2.24, 2.45) is 5.92 Å². The molecule has 0 radical (unpaired) electrons. The lowest BCUT2D eigenvalue weighted by Crippen LogP contribution is -2.44. The molecule has 0 aliphatic rings. The molecule has 70 valence electrons. The number of hydrazine groups is 1. The average molecular weight is 173 g/mol. The Morgan fingerprint density at radius 1 is 1.33 bits per heavy atom. The Morgan fingerprint density at radius 2 is 1.92 bits per heavy atom. The summed E-state index contributed by atoms with van der Waals surface area (Å²) in [5.74, 6) is -0.0267. The van der Waals surface area contributed by atoms with Crippen LogP contribution < -0.4 is 16.2 Å². The van der Waals surface area contributed by atoms with Crippen LogP contribution >= 0.6 is 0 Å². The zero-order chi connectivity index (χ0) is 9.56. The second-order valence-electron chi connectivity index (χ2n) is 2.68. The summed E-state index contributed by atoms with van der Waals surface area (Å²) >= 11 is 0. The number of amides is 2. The molecular formula is C7H15N3O2. The molecule has 2 amide bonds. The molecule has 0 aliphatic carbocycles. The summed E-state index contributed by atoms with van der Waals surface area (Å²) in [5, 5.41) is 2.40. The molecule has 0 saturated heterocycles. The van der Waals surface area contributed by atoms with E-state index < -0.39 is 6.03 Å². The highest BCUT2D eigenvalue weighted by molar-refractivity contribution is 5.86. The summed E-state index contributed by atoms with van der Waals surface area (Å²) in [6.07, 6.45) is 0. The Kier molecular flexibility index (Phi) is 5.03. The van der Waals surface area contributed by atoms with Crippen molar-refractivity contribution in [1.82, 2.24) is 16.2 Å². The molecule has 0 bridgehead atoms. The first-order chi connectivity index (χ1) is 5.57. The van der Waals surface area contributed by atoms with Gasteiger partial charge in [-0.3, -0.25) is 10.2 Å². The largest absolute Gasteiger partial charge is 0.330 e. The summed E-state index contributed by atoms with van der Waals surface area (Å²) < 4.78 is 0. The van der Waals surface area contributed by atoms with Gasteiger partial charge in [0.05, 0.1) is 6.54 Å². The van der Waals surface area contributed by atoms with Gasteiger partial charge in [0.25, 0.3) is 0 Å². The van der Waals surface area contributed by atoms with Gasteiger partial charge in [0.1, 0.15) is 0 Å². The van der Waals surface area contributed by atoms with Crippen LogP contribution in [0.25, 0.3) is 0 Å². The topological polar surface area (TPSA) is 70.2 Å². The smallest absolute Gasteiger partial charge is 0.329 e. The molecule has 12 heavy (non-hydrogen) atoms. The summed E-state index contributed by atoms with van der Waals surface area (Å²) in [7, 11) is 1.57. The normalized spacial score (nSPS) is 9.67. The SMILES string of the molecule is CNNC(=O)NCC(=O)C(C)C. The molecule has 0 atom stereocenters. The first-order valence-corrected chi connectivity index (χ1v) is 3.81. The molecular weight excluding hydrogens is 158 g/mol. The lowest BCUT2D eigenvalue weighted by molar-refractivity contribution is -0.120. The predicted octanol–water partition coefficient (Wildman–Crippen LogP) is -0.355. The summed E-state index contributed by atoms with van der Waals surface area (Å²) in [5.41, 5.74) is 4.73. The molecule has 0 aromatic carbocycles. The lowest BCUT2D eigenvalue weighted by Gasteiger charge is -2.06. The fourth-order valence-corrected chi connectivity index (χ4v) is 0.529. The van der Waals surface area contributed by atoms with E-state index in [1.54, 1.807) is 20.9 Å². The van der Waals surface area contributed by atoms with Gasteiger partial charge in [-0.1, -0.05) is 13.8 Å². The summed E-state index contributed by atoms with van der Waals surface area (Å²) in [4.78, 5) is 21.7. The van der Waals surface area contributed by atoms with Gasteiger partial charge >= 0.3 is 6.03 Å². The van der Waals surface area contributed by atoms with Crippen LogP contribution in [0.2, 0.25) is 0 Å². The molecule has 0 aromatic rings. The number of ketones is 1. The quantitative estimate of drug-likeness (QED) is 0.509. The van der Waals surface area contributed by atoms with Crippen LogP contribution in [0.4, 0.5) is 4.79 Å². The van der Waals surface area contributed by atoms with Crippen LogP contribution in [0.1, 0.15) is 13.8 Å². The summed E-state index contributed by atoms with van der Waals surface area (Å²) in [6, 6.07) is -0.397. The number of nitrogens with one attached hydrogen (secondary N) is 3. The van der Waals surface area contributed by atoms with Crippen LogP contribution in [0, 0.1) is 5.92 Å². The second kappa shape index (κ2) is 5.54. The average Bonchev–Trinajstić information content (AvgIpc) is 2.00. The van der Waals surface area contributed by atoms with E-state index in [4.69, 9.17) is 0 Å². The molecule has 0 aliphatic heterocycles. The van der Waals surface area contributed by atoms with Crippen LogP contribution in [-0.4, -0.2) is 25.4 Å². The fourth-order valence-electron chi connectivity index (χ4n) is 0.529. The summed E-state index contributed by atoms with van der Waals surface area (Å²) in [6.45, 7) is 3.66. The van der Waals surface area contributed by atoms with E-state index in [9.17, 15) is 9.59 Å². The number of rotatable bonds is 4. The molecule has 0 heterocycles. The zero-order valence-electron chi connectivity index (χ0n) is 7.60. The molecule has 0 saturated carbocycles. The third kappa shape index (κ3) is 4.68. The monoisotopic (exact) mass is 173 g/mol. The first kappa shape index (κ1) is 10.9. The van der Waals surface area contributed by atoms with Crippen molar-refractivity contribution in [3.63, 3.8) is 0 Å². The maximum atomic E-state index is 11.0. The maximum Gasteiger partial charge on any atom is 0.329 e. The Labute approximate surface area is 71.9 Å². The molecule has 0 unspecified atom stereocenters. The Morgan fingerprint density at radius 3 is 2.33 bits per heavy atom. The Bertz CT molecular complexity index is 168. The van der Waals surface area contributed by atoms with Gasteiger partial charge < -0.3 is 5.32 Å². The van der Waals surface area contributed by atoms with Gasteiger partial charge in [-0.15, -0.1) is 0 Å². The van der Waals surface area contributed by atoms with Crippen LogP contribution in [0.15, 0.2) is 0 Å². The third-order valence-corrected chi connectivity index (χ3v) is 1.31. The van der Waals surface area contributed by atoms with Gasteiger partial charge in [-0.05, 0) is 0 Å². The van der Waals surface area contributed by atoms with E-state index in [0.717, 1.165) is 0 Å². The number of hydrogen-bond donors (Lipinski definition) is 3. The highest BCUT2D eigenvalue weighted by Gasteiger charge is 2.07. The number of carbonyl (C=O) groups excluding carboxylic acids is 2. The van der Waals surface area contributed by atoms with E-state index in [-0.39, 0.29) is 18.2 Å². The highest BCUT2D eigenvalue weighted by Crippen LogP contribution is 1.91. The van der Waals surface area contributed by atoms with E-state index in [1.165, 1.54) is 0 Å². The molecule has 5 heteroatoms. The molecule has 0 aromatic heterocycles. The fraction of sp³-hybridized carbons (Fsp3) is 0.714. The molecule has 0 spiro atoms.